The number of aromatic amines is 1. The van der Waals surface area contributed by atoms with E-state index in [1.807, 2.05) is 61.2 Å². The van der Waals surface area contributed by atoms with Crippen LogP contribution in [0.15, 0.2) is 66.2 Å². The number of H-pyrrole nitrogens is 1. The van der Waals surface area contributed by atoms with Crippen LogP contribution in [-0.4, -0.2) is 11.2 Å². The van der Waals surface area contributed by atoms with Gasteiger partial charge in [0.1, 0.15) is 0 Å². The third-order valence-electron chi connectivity index (χ3n) is 2.07. The van der Waals surface area contributed by atoms with Gasteiger partial charge in [-0.25, -0.2) is 0 Å². The fourth-order valence-corrected chi connectivity index (χ4v) is 1.31. The van der Waals surface area contributed by atoms with E-state index in [9.17, 15) is 0 Å². The topological polar surface area (TPSA) is 40.2 Å². The van der Waals surface area contributed by atoms with E-state index in [2.05, 4.69) is 15.3 Å². The number of hydrogen-bond donors (Lipinski definition) is 2. The van der Waals surface area contributed by atoms with E-state index < -0.39 is 0 Å². The molecule has 3 nitrogen and oxygen atoms in total. The number of hydrogen-bond acceptors (Lipinski definition) is 2. The lowest BCUT2D eigenvalue weighted by atomic mass is 10.2. The molecule has 3 heteroatoms. The average molecular weight is 211 g/mol. The molecule has 16 heavy (non-hydrogen) atoms. The molecule has 0 bridgehead atoms. The highest BCUT2D eigenvalue weighted by atomic mass is 14.9. The molecule has 0 unspecified atom stereocenters. The Morgan fingerprint density at radius 1 is 0.938 bits per heavy atom. The first-order valence-corrected chi connectivity index (χ1v) is 5.08. The molecule has 2 N–H and O–H groups in total. The first-order chi connectivity index (χ1) is 7.97. The molecule has 0 saturated carbocycles. The predicted molar refractivity (Wildman–Crippen MR) is 67.6 cm³/mol. The minimum absolute atomic E-state index is 1.10. The van der Waals surface area contributed by atoms with Gasteiger partial charge in [0.25, 0.3) is 0 Å². The van der Waals surface area contributed by atoms with Crippen molar-refractivity contribution < 1.29 is 0 Å². The fourth-order valence-electron chi connectivity index (χ4n) is 1.31. The lowest BCUT2D eigenvalue weighted by molar-refractivity contribution is 1.42. The minimum Gasteiger partial charge on any atom is -0.368 e. The molecule has 2 heterocycles. The van der Waals surface area contributed by atoms with Gasteiger partial charge in [0.15, 0.2) is 0 Å². The Labute approximate surface area is 94.5 Å². The summed E-state index contributed by atoms with van der Waals surface area (Å²) in [6.07, 6.45) is 9.15. The molecule has 1 aliphatic rings. The number of rotatable bonds is 0. The van der Waals surface area contributed by atoms with Crippen molar-refractivity contribution in [2.75, 3.05) is 5.32 Å². The summed E-state index contributed by atoms with van der Waals surface area (Å²) in [7, 11) is 0. The Kier molecular flexibility index (Phi) is 3.55. The lowest BCUT2D eigenvalue weighted by Crippen LogP contribution is -1.89. The predicted octanol–water partition coefficient (Wildman–Crippen LogP) is 3.02. The van der Waals surface area contributed by atoms with Crippen LogP contribution in [0.1, 0.15) is 5.56 Å². The molecule has 0 atom stereocenters. The van der Waals surface area contributed by atoms with Gasteiger partial charge in [-0.2, -0.15) is 0 Å². The Morgan fingerprint density at radius 3 is 2.50 bits per heavy atom. The first-order valence-electron chi connectivity index (χ1n) is 5.08. The van der Waals surface area contributed by atoms with Crippen LogP contribution in [0.2, 0.25) is 0 Å². The summed E-state index contributed by atoms with van der Waals surface area (Å²) < 4.78 is 0. The van der Waals surface area contributed by atoms with Gasteiger partial charge in [0, 0.05) is 42.3 Å². The third-order valence-corrected chi connectivity index (χ3v) is 2.07. The molecule has 0 spiro atoms. The zero-order valence-corrected chi connectivity index (χ0v) is 8.80. The monoisotopic (exact) mass is 211 g/mol. The summed E-state index contributed by atoms with van der Waals surface area (Å²) >= 11 is 0. The number of para-hydroxylation sites is 1. The van der Waals surface area contributed by atoms with Crippen LogP contribution in [0.25, 0.3) is 0 Å². The minimum atomic E-state index is 1.10. The summed E-state index contributed by atoms with van der Waals surface area (Å²) in [5.74, 6) is 0. The standard InChI is InChI=1S/C9H8N2.C4H5N/c1-2-4-9-8(3-1)7-10-5-6-11-9;1-2-4-5-3-1/h1-7,11H;1-5H. The summed E-state index contributed by atoms with van der Waals surface area (Å²) in [5, 5.41) is 3.12. The Bertz CT molecular complexity index is 452. The molecule has 3 rings (SSSR count). The van der Waals surface area contributed by atoms with Crippen LogP contribution >= 0.6 is 0 Å². The quantitative estimate of drug-likeness (QED) is 0.691. The molecular formula is C13H13N3. The number of fused-ring (bicyclic) bond motifs is 1. The van der Waals surface area contributed by atoms with Gasteiger partial charge in [0.2, 0.25) is 0 Å². The summed E-state index contributed by atoms with van der Waals surface area (Å²) in [5.41, 5.74) is 2.22. The molecule has 0 amide bonds. The average Bonchev–Trinajstić information content (AvgIpc) is 2.81. The SMILES string of the molecule is C1=CNc2ccccc2C=N1.c1cc[nH]c1. The van der Waals surface area contributed by atoms with Gasteiger partial charge in [0.05, 0.1) is 0 Å². The number of aliphatic imine (C=N–C) groups is 1. The zero-order chi connectivity index (χ0) is 11.1. The normalized spacial score (nSPS) is 11.8. The molecule has 1 aromatic carbocycles. The highest BCUT2D eigenvalue weighted by Crippen LogP contribution is 2.13. The second kappa shape index (κ2) is 5.56. The van der Waals surface area contributed by atoms with Crippen LogP contribution in [0, 0.1) is 0 Å². The van der Waals surface area contributed by atoms with Gasteiger partial charge in [-0.15, -0.1) is 0 Å². The molecule has 0 aliphatic carbocycles. The Hall–Kier alpha value is -2.29. The molecular weight excluding hydrogens is 198 g/mol. The van der Waals surface area contributed by atoms with Crippen LogP contribution in [0.3, 0.4) is 0 Å². The third kappa shape index (κ3) is 2.85. The highest BCUT2D eigenvalue weighted by Gasteiger charge is 1.96. The Balaban J connectivity index is 0.000000162. The van der Waals surface area contributed by atoms with Crippen LogP contribution in [0.4, 0.5) is 5.69 Å². The maximum atomic E-state index is 4.04. The van der Waals surface area contributed by atoms with Gasteiger partial charge in [-0.1, -0.05) is 18.2 Å². The number of anilines is 1. The van der Waals surface area contributed by atoms with E-state index in [4.69, 9.17) is 0 Å². The van der Waals surface area contributed by atoms with Gasteiger partial charge >= 0.3 is 0 Å². The van der Waals surface area contributed by atoms with Crippen molar-refractivity contribution in [2.45, 2.75) is 0 Å². The molecule has 0 saturated heterocycles. The van der Waals surface area contributed by atoms with E-state index in [0.717, 1.165) is 11.3 Å². The molecule has 80 valence electrons. The van der Waals surface area contributed by atoms with E-state index in [1.54, 1.807) is 6.20 Å². The molecule has 0 radical (unpaired) electrons. The van der Waals surface area contributed by atoms with Crippen molar-refractivity contribution in [3.05, 3.63) is 66.8 Å². The fraction of sp³-hybridized carbons (Fsp3) is 0. The van der Waals surface area contributed by atoms with E-state index in [1.165, 1.54) is 0 Å². The zero-order valence-electron chi connectivity index (χ0n) is 8.80. The maximum Gasteiger partial charge on any atom is 0.0469 e. The lowest BCUT2D eigenvalue weighted by Gasteiger charge is -2.01. The number of nitrogens with one attached hydrogen (secondary N) is 2. The highest BCUT2D eigenvalue weighted by molar-refractivity contribution is 5.88. The summed E-state index contributed by atoms with van der Waals surface area (Å²) in [4.78, 5) is 6.91. The molecule has 0 fully saturated rings. The summed E-state index contributed by atoms with van der Waals surface area (Å²) in [6, 6.07) is 11.9. The van der Waals surface area contributed by atoms with Crippen molar-refractivity contribution >= 4 is 11.9 Å². The van der Waals surface area contributed by atoms with Gasteiger partial charge in [-0.05, 0) is 18.2 Å². The van der Waals surface area contributed by atoms with Crippen molar-refractivity contribution in [3.8, 4) is 0 Å². The largest absolute Gasteiger partial charge is 0.368 e. The summed E-state index contributed by atoms with van der Waals surface area (Å²) in [6.45, 7) is 0. The van der Waals surface area contributed by atoms with Crippen molar-refractivity contribution in [2.24, 2.45) is 4.99 Å². The van der Waals surface area contributed by atoms with Crippen molar-refractivity contribution in [1.29, 1.82) is 0 Å². The Morgan fingerprint density at radius 2 is 1.75 bits per heavy atom. The van der Waals surface area contributed by atoms with Crippen molar-refractivity contribution in [1.82, 2.24) is 4.98 Å². The molecule has 2 aromatic rings. The van der Waals surface area contributed by atoms with Crippen LogP contribution < -0.4 is 5.32 Å². The van der Waals surface area contributed by atoms with E-state index in [0.29, 0.717) is 0 Å². The number of aromatic nitrogens is 1. The second-order valence-corrected chi connectivity index (χ2v) is 3.21. The molecule has 1 aromatic heterocycles. The van der Waals surface area contributed by atoms with Crippen LogP contribution in [-0.2, 0) is 0 Å². The van der Waals surface area contributed by atoms with Gasteiger partial charge < -0.3 is 10.3 Å². The second-order valence-electron chi connectivity index (χ2n) is 3.21. The van der Waals surface area contributed by atoms with E-state index >= 15 is 0 Å². The number of benzene rings is 1. The maximum absolute atomic E-state index is 4.04. The molecule has 1 aliphatic heterocycles. The first kappa shape index (κ1) is 10.2. The van der Waals surface area contributed by atoms with Crippen LogP contribution in [0.5, 0.6) is 0 Å². The van der Waals surface area contributed by atoms with E-state index in [-0.39, 0.29) is 0 Å². The number of nitrogens with zero attached hydrogens (tertiary/aromatic N) is 1. The van der Waals surface area contributed by atoms with Crippen molar-refractivity contribution in [3.63, 3.8) is 0 Å². The van der Waals surface area contributed by atoms with Gasteiger partial charge in [-0.3, -0.25) is 4.99 Å². The smallest absolute Gasteiger partial charge is 0.0469 e.